The van der Waals surface area contributed by atoms with Crippen molar-refractivity contribution in [3.63, 3.8) is 0 Å². The monoisotopic (exact) mass is 384 g/mol. The molecule has 3 heterocycles. The lowest BCUT2D eigenvalue weighted by atomic mass is 9.77. The molecule has 0 unspecified atom stereocenters. The molecular formula is C20H25FN6O. The highest BCUT2D eigenvalue weighted by molar-refractivity contribution is 5.84. The van der Waals surface area contributed by atoms with E-state index in [2.05, 4.69) is 43.6 Å². The summed E-state index contributed by atoms with van der Waals surface area (Å²) in [6.45, 7) is 1.89. The Morgan fingerprint density at radius 2 is 2.21 bits per heavy atom. The number of alkyl halides is 1. The zero-order valence-corrected chi connectivity index (χ0v) is 16.0. The molecule has 1 aliphatic carbocycles. The smallest absolute Gasteiger partial charge is 0.224 e. The molecule has 2 aromatic heterocycles. The molecule has 0 bridgehead atoms. The number of aromatic nitrogens is 3. The second-order valence-electron chi connectivity index (χ2n) is 7.82. The van der Waals surface area contributed by atoms with E-state index in [4.69, 9.17) is 0 Å². The van der Waals surface area contributed by atoms with Crippen molar-refractivity contribution in [2.24, 2.45) is 0 Å². The molecule has 0 spiro atoms. The number of hydrogen-bond acceptors (Lipinski definition) is 6. The summed E-state index contributed by atoms with van der Waals surface area (Å²) in [5.74, 6) is 0.520. The first-order valence-electron chi connectivity index (χ1n) is 9.65. The van der Waals surface area contributed by atoms with Crippen LogP contribution in [0.2, 0.25) is 0 Å². The average Bonchev–Trinajstić information content (AvgIpc) is 2.67. The van der Waals surface area contributed by atoms with E-state index in [0.29, 0.717) is 30.6 Å². The minimum absolute atomic E-state index is 0.0291. The number of carbonyl (C=O) groups is 1. The van der Waals surface area contributed by atoms with Gasteiger partial charge in [0.1, 0.15) is 17.5 Å². The fraction of sp³-hybridized carbons (Fsp3) is 0.500. The van der Waals surface area contributed by atoms with Crippen LogP contribution in [0.5, 0.6) is 0 Å². The highest BCUT2D eigenvalue weighted by Crippen LogP contribution is 2.38. The molecule has 1 aliphatic heterocycles. The van der Waals surface area contributed by atoms with Crippen molar-refractivity contribution in [2.75, 3.05) is 32.0 Å². The molecule has 4 rings (SSSR count). The highest BCUT2D eigenvalue weighted by atomic mass is 19.1. The number of fused-ring (bicyclic) bond motifs is 1. The van der Waals surface area contributed by atoms with Crippen molar-refractivity contribution in [1.29, 1.82) is 0 Å². The lowest BCUT2D eigenvalue weighted by Gasteiger charge is -2.42. The topological polar surface area (TPSA) is 83.0 Å². The maximum Gasteiger partial charge on any atom is 0.224 e. The van der Waals surface area contributed by atoms with Crippen LogP contribution in [0.1, 0.15) is 25.7 Å². The maximum absolute atomic E-state index is 14.8. The Labute approximate surface area is 163 Å². The summed E-state index contributed by atoms with van der Waals surface area (Å²) >= 11 is 0. The van der Waals surface area contributed by atoms with Crippen LogP contribution in [-0.2, 0) is 4.79 Å². The molecule has 148 valence electrons. The van der Waals surface area contributed by atoms with Gasteiger partial charge in [0.05, 0.1) is 12.1 Å². The van der Waals surface area contributed by atoms with Crippen molar-refractivity contribution in [2.45, 2.75) is 37.4 Å². The molecule has 2 aromatic rings. The van der Waals surface area contributed by atoms with Crippen molar-refractivity contribution >= 4 is 22.8 Å². The lowest BCUT2D eigenvalue weighted by molar-refractivity contribution is -0.121. The third-order valence-electron chi connectivity index (χ3n) is 5.46. The Bertz CT molecular complexity index is 890. The molecule has 0 radical (unpaired) electrons. The van der Waals surface area contributed by atoms with Gasteiger partial charge in [0.15, 0.2) is 5.82 Å². The van der Waals surface area contributed by atoms with E-state index in [1.807, 2.05) is 12.1 Å². The molecule has 28 heavy (non-hydrogen) atoms. The predicted molar refractivity (Wildman–Crippen MR) is 106 cm³/mol. The van der Waals surface area contributed by atoms with Gasteiger partial charge in [-0.15, -0.1) is 0 Å². The first kappa shape index (κ1) is 18.7. The standard InChI is InChI=1S/C20H25FN6O/c1-27-7-4-14(5-8-27)9-17(28)23-12-20(21)10-15(11-20)26-19-18-16(24-13-25-19)3-2-6-22-18/h2-4,6,13,15H,5,7-12H2,1H3,(H,23,28)(H,24,25,26). The number of halogens is 1. The number of pyridine rings is 1. The SMILES string of the molecule is CN1CC=C(CC(=O)NCC2(F)CC(Nc3ncnc4cccnc34)C2)CC1. The first-order chi connectivity index (χ1) is 13.5. The van der Waals surface area contributed by atoms with Crippen LogP contribution in [0.4, 0.5) is 10.2 Å². The molecule has 7 nitrogen and oxygen atoms in total. The Balaban J connectivity index is 1.25. The Kier molecular flexibility index (Phi) is 5.21. The normalized spacial score (nSPS) is 25.1. The molecule has 1 saturated carbocycles. The van der Waals surface area contributed by atoms with Gasteiger partial charge >= 0.3 is 0 Å². The molecule has 1 amide bonds. The van der Waals surface area contributed by atoms with E-state index in [9.17, 15) is 9.18 Å². The first-order valence-corrected chi connectivity index (χ1v) is 9.65. The van der Waals surface area contributed by atoms with Crippen LogP contribution in [0.25, 0.3) is 11.0 Å². The summed E-state index contributed by atoms with van der Waals surface area (Å²) in [6.07, 6.45) is 7.19. The summed E-state index contributed by atoms with van der Waals surface area (Å²) in [4.78, 5) is 27.0. The number of carbonyl (C=O) groups excluding carboxylic acids is 1. The zero-order valence-electron chi connectivity index (χ0n) is 16.0. The Morgan fingerprint density at radius 3 is 3.00 bits per heavy atom. The number of anilines is 1. The van der Waals surface area contributed by atoms with E-state index in [1.54, 1.807) is 6.20 Å². The minimum atomic E-state index is -1.37. The molecule has 2 aliphatic rings. The van der Waals surface area contributed by atoms with E-state index < -0.39 is 5.67 Å². The van der Waals surface area contributed by atoms with E-state index in [1.165, 1.54) is 6.33 Å². The maximum atomic E-state index is 14.8. The third kappa shape index (κ3) is 4.27. The molecular weight excluding hydrogens is 359 g/mol. The van der Waals surface area contributed by atoms with E-state index in [0.717, 1.165) is 30.6 Å². The summed E-state index contributed by atoms with van der Waals surface area (Å²) in [6, 6.07) is 3.66. The largest absolute Gasteiger partial charge is 0.365 e. The number of rotatable bonds is 6. The van der Waals surface area contributed by atoms with Crippen molar-refractivity contribution in [1.82, 2.24) is 25.2 Å². The summed E-state index contributed by atoms with van der Waals surface area (Å²) in [7, 11) is 2.06. The van der Waals surface area contributed by atoms with Crippen LogP contribution in [-0.4, -0.2) is 64.2 Å². The van der Waals surface area contributed by atoms with Crippen molar-refractivity contribution in [3.05, 3.63) is 36.3 Å². The van der Waals surface area contributed by atoms with Gasteiger partial charge in [0.25, 0.3) is 0 Å². The van der Waals surface area contributed by atoms with Gasteiger partial charge in [-0.25, -0.2) is 14.4 Å². The number of hydrogen-bond donors (Lipinski definition) is 2. The van der Waals surface area contributed by atoms with Gasteiger partial charge in [0.2, 0.25) is 5.91 Å². The fourth-order valence-corrected chi connectivity index (χ4v) is 3.76. The molecule has 8 heteroatoms. The molecule has 0 aromatic carbocycles. The molecule has 0 saturated heterocycles. The minimum Gasteiger partial charge on any atom is -0.365 e. The number of nitrogens with one attached hydrogen (secondary N) is 2. The van der Waals surface area contributed by atoms with Gasteiger partial charge in [-0.05, 0) is 25.6 Å². The highest BCUT2D eigenvalue weighted by Gasteiger charge is 2.45. The summed E-state index contributed by atoms with van der Waals surface area (Å²) in [5.41, 5.74) is 1.20. The van der Waals surface area contributed by atoms with Gasteiger partial charge in [-0.3, -0.25) is 9.78 Å². The second kappa shape index (κ2) is 7.79. The van der Waals surface area contributed by atoms with Crippen molar-refractivity contribution < 1.29 is 9.18 Å². The number of amides is 1. The zero-order chi connectivity index (χ0) is 19.6. The van der Waals surface area contributed by atoms with Gasteiger partial charge in [-0.1, -0.05) is 11.6 Å². The number of nitrogens with zero attached hydrogens (tertiary/aromatic N) is 4. The van der Waals surface area contributed by atoms with Crippen LogP contribution in [0.15, 0.2) is 36.3 Å². The van der Waals surface area contributed by atoms with Crippen LogP contribution < -0.4 is 10.6 Å². The summed E-state index contributed by atoms with van der Waals surface area (Å²) < 4.78 is 14.8. The second-order valence-corrected chi connectivity index (χ2v) is 7.82. The predicted octanol–water partition coefficient (Wildman–Crippen LogP) is 2.08. The summed E-state index contributed by atoms with van der Waals surface area (Å²) in [5, 5.41) is 6.02. The van der Waals surface area contributed by atoms with E-state index in [-0.39, 0.29) is 18.5 Å². The number of likely N-dealkylation sites (N-methyl/N-ethyl adjacent to an activating group) is 1. The van der Waals surface area contributed by atoms with Crippen LogP contribution in [0.3, 0.4) is 0 Å². The Morgan fingerprint density at radius 1 is 1.36 bits per heavy atom. The van der Waals surface area contributed by atoms with Crippen LogP contribution in [0, 0.1) is 0 Å². The fourth-order valence-electron chi connectivity index (χ4n) is 3.76. The third-order valence-corrected chi connectivity index (χ3v) is 5.46. The van der Waals surface area contributed by atoms with Gasteiger partial charge in [0, 0.05) is 44.6 Å². The molecule has 0 atom stereocenters. The molecule has 2 N–H and O–H groups in total. The molecule has 1 fully saturated rings. The Hall–Kier alpha value is -2.61. The van der Waals surface area contributed by atoms with Gasteiger partial charge < -0.3 is 15.5 Å². The van der Waals surface area contributed by atoms with Gasteiger partial charge in [-0.2, -0.15) is 0 Å². The van der Waals surface area contributed by atoms with Crippen LogP contribution >= 0.6 is 0 Å². The average molecular weight is 384 g/mol. The lowest BCUT2D eigenvalue weighted by Crippen LogP contribution is -2.54. The quantitative estimate of drug-likeness (QED) is 0.742. The van der Waals surface area contributed by atoms with Crippen molar-refractivity contribution in [3.8, 4) is 0 Å². The van der Waals surface area contributed by atoms with E-state index >= 15 is 0 Å².